The number of aryl methyl sites for hydroxylation is 1. The third-order valence-corrected chi connectivity index (χ3v) is 4.08. The van der Waals surface area contributed by atoms with Gasteiger partial charge in [-0.15, -0.1) is 0 Å². The zero-order chi connectivity index (χ0) is 20.1. The Kier molecular flexibility index (Phi) is 10.5. The van der Waals surface area contributed by atoms with E-state index in [0.29, 0.717) is 13.0 Å². The van der Waals surface area contributed by atoms with Gasteiger partial charge in [0.15, 0.2) is 0 Å². The normalized spacial score (nSPS) is 11.3. The van der Waals surface area contributed by atoms with Gasteiger partial charge >= 0.3 is 11.9 Å². The van der Waals surface area contributed by atoms with Crippen molar-refractivity contribution in [3.63, 3.8) is 0 Å². The van der Waals surface area contributed by atoms with E-state index in [2.05, 4.69) is 0 Å². The molecule has 4 nitrogen and oxygen atoms in total. The van der Waals surface area contributed by atoms with Gasteiger partial charge in [-0.2, -0.15) is 0 Å². The molecule has 2 aromatic rings. The lowest BCUT2D eigenvalue weighted by Crippen LogP contribution is -2.13. The van der Waals surface area contributed by atoms with Crippen LogP contribution in [0.1, 0.15) is 38.3 Å². The van der Waals surface area contributed by atoms with Gasteiger partial charge in [0.2, 0.25) is 0 Å². The SMILES string of the molecule is CC(C)C(=O)OCCc1ccccc1.CC(CCc1ccccc1)C(=O)O. The van der Waals surface area contributed by atoms with E-state index in [1.54, 1.807) is 6.92 Å². The number of rotatable bonds is 8. The Morgan fingerprint density at radius 1 is 0.852 bits per heavy atom. The molecule has 0 aliphatic rings. The highest BCUT2D eigenvalue weighted by molar-refractivity contribution is 5.71. The minimum atomic E-state index is -0.712. The van der Waals surface area contributed by atoms with Gasteiger partial charge < -0.3 is 9.84 Å². The lowest BCUT2D eigenvalue weighted by Gasteiger charge is -2.06. The first-order valence-corrected chi connectivity index (χ1v) is 9.37. The van der Waals surface area contributed by atoms with Gasteiger partial charge in [0.1, 0.15) is 0 Å². The van der Waals surface area contributed by atoms with E-state index >= 15 is 0 Å². The van der Waals surface area contributed by atoms with Crippen LogP contribution in [0.3, 0.4) is 0 Å². The van der Waals surface area contributed by atoms with E-state index in [1.807, 2.05) is 74.5 Å². The summed E-state index contributed by atoms with van der Waals surface area (Å²) < 4.78 is 5.07. The van der Waals surface area contributed by atoms with Crippen molar-refractivity contribution in [1.82, 2.24) is 0 Å². The molecule has 2 aromatic carbocycles. The molecule has 0 radical (unpaired) electrons. The molecule has 0 aliphatic heterocycles. The van der Waals surface area contributed by atoms with Crippen LogP contribution in [0, 0.1) is 11.8 Å². The van der Waals surface area contributed by atoms with Crippen LogP contribution in [0.25, 0.3) is 0 Å². The second-order valence-electron chi connectivity index (χ2n) is 6.82. The molecular weight excluding hydrogens is 340 g/mol. The van der Waals surface area contributed by atoms with Gasteiger partial charge in [-0.1, -0.05) is 81.4 Å². The number of carbonyl (C=O) groups excluding carboxylic acids is 1. The summed E-state index contributed by atoms with van der Waals surface area (Å²) in [6.07, 6.45) is 2.34. The van der Waals surface area contributed by atoms with E-state index in [1.165, 1.54) is 11.1 Å². The van der Waals surface area contributed by atoms with Crippen molar-refractivity contribution in [2.24, 2.45) is 11.8 Å². The van der Waals surface area contributed by atoms with E-state index in [4.69, 9.17) is 9.84 Å². The Labute approximate surface area is 162 Å². The molecule has 0 bridgehead atoms. The summed E-state index contributed by atoms with van der Waals surface area (Å²) in [4.78, 5) is 21.6. The molecule has 0 saturated carbocycles. The van der Waals surface area contributed by atoms with Crippen molar-refractivity contribution in [1.29, 1.82) is 0 Å². The van der Waals surface area contributed by atoms with Crippen molar-refractivity contribution < 1.29 is 19.4 Å². The maximum atomic E-state index is 11.1. The average Bonchev–Trinajstić information content (AvgIpc) is 2.68. The summed E-state index contributed by atoms with van der Waals surface area (Å²) in [5.74, 6) is -1.12. The summed E-state index contributed by atoms with van der Waals surface area (Å²) in [5.41, 5.74) is 2.40. The van der Waals surface area contributed by atoms with Crippen LogP contribution in [0.15, 0.2) is 60.7 Å². The zero-order valence-electron chi connectivity index (χ0n) is 16.4. The van der Waals surface area contributed by atoms with Crippen molar-refractivity contribution in [2.45, 2.75) is 40.0 Å². The van der Waals surface area contributed by atoms with Gasteiger partial charge in [0.05, 0.1) is 18.4 Å². The van der Waals surface area contributed by atoms with Crippen LogP contribution in [-0.2, 0) is 27.2 Å². The highest BCUT2D eigenvalue weighted by Crippen LogP contribution is 2.09. The van der Waals surface area contributed by atoms with Crippen LogP contribution in [0.5, 0.6) is 0 Å². The zero-order valence-corrected chi connectivity index (χ0v) is 16.4. The summed E-state index contributed by atoms with van der Waals surface area (Å²) in [6, 6.07) is 20.0. The lowest BCUT2D eigenvalue weighted by molar-refractivity contribution is -0.147. The quantitative estimate of drug-likeness (QED) is 0.680. The molecule has 0 fully saturated rings. The van der Waals surface area contributed by atoms with Crippen LogP contribution in [0.4, 0.5) is 0 Å². The fourth-order valence-electron chi connectivity index (χ4n) is 2.23. The van der Waals surface area contributed by atoms with Crippen molar-refractivity contribution in [2.75, 3.05) is 6.61 Å². The predicted molar refractivity (Wildman–Crippen MR) is 108 cm³/mol. The van der Waals surface area contributed by atoms with Crippen molar-refractivity contribution in [3.8, 4) is 0 Å². The Hall–Kier alpha value is -2.62. The fraction of sp³-hybridized carbons (Fsp3) is 0.391. The lowest BCUT2D eigenvalue weighted by atomic mass is 10.0. The molecule has 146 valence electrons. The van der Waals surface area contributed by atoms with Gasteiger partial charge in [-0.3, -0.25) is 9.59 Å². The number of carboxylic acids is 1. The number of esters is 1. The van der Waals surface area contributed by atoms with E-state index in [-0.39, 0.29) is 17.8 Å². The van der Waals surface area contributed by atoms with Gasteiger partial charge in [-0.25, -0.2) is 0 Å². The second kappa shape index (κ2) is 12.7. The minimum absolute atomic E-state index is 0.0363. The molecule has 0 saturated heterocycles. The number of carbonyl (C=O) groups is 2. The molecule has 0 heterocycles. The van der Waals surface area contributed by atoms with E-state index < -0.39 is 5.97 Å². The molecule has 2 rings (SSSR count). The Morgan fingerprint density at radius 2 is 1.33 bits per heavy atom. The first-order chi connectivity index (χ1) is 12.9. The van der Waals surface area contributed by atoms with E-state index in [0.717, 1.165) is 12.8 Å². The number of ether oxygens (including phenoxy) is 1. The summed E-state index contributed by atoms with van der Waals surface area (Å²) in [5, 5.41) is 8.66. The summed E-state index contributed by atoms with van der Waals surface area (Å²) in [7, 11) is 0. The first-order valence-electron chi connectivity index (χ1n) is 9.37. The van der Waals surface area contributed by atoms with Crippen molar-refractivity contribution in [3.05, 3.63) is 71.8 Å². The average molecular weight is 370 g/mol. The molecule has 27 heavy (non-hydrogen) atoms. The second-order valence-corrected chi connectivity index (χ2v) is 6.82. The van der Waals surface area contributed by atoms with Crippen LogP contribution < -0.4 is 0 Å². The highest BCUT2D eigenvalue weighted by Gasteiger charge is 2.10. The number of aliphatic carboxylic acids is 1. The number of hydrogen-bond donors (Lipinski definition) is 1. The third kappa shape index (κ3) is 10.2. The van der Waals surface area contributed by atoms with Gasteiger partial charge in [0.25, 0.3) is 0 Å². The molecule has 0 amide bonds. The molecule has 1 atom stereocenters. The molecular formula is C23H30O4. The molecule has 0 spiro atoms. The Balaban J connectivity index is 0.000000271. The summed E-state index contributed by atoms with van der Waals surface area (Å²) in [6.45, 7) is 5.89. The number of hydrogen-bond acceptors (Lipinski definition) is 3. The van der Waals surface area contributed by atoms with Gasteiger partial charge in [-0.05, 0) is 24.0 Å². The Bertz CT molecular complexity index is 665. The van der Waals surface area contributed by atoms with Crippen LogP contribution in [0.2, 0.25) is 0 Å². The smallest absolute Gasteiger partial charge is 0.308 e. The molecule has 0 aliphatic carbocycles. The Morgan fingerprint density at radius 3 is 1.78 bits per heavy atom. The molecule has 1 unspecified atom stereocenters. The first kappa shape index (κ1) is 22.4. The fourth-order valence-corrected chi connectivity index (χ4v) is 2.23. The maximum absolute atomic E-state index is 11.1. The van der Waals surface area contributed by atoms with E-state index in [9.17, 15) is 9.59 Å². The molecule has 0 aromatic heterocycles. The van der Waals surface area contributed by atoms with Crippen molar-refractivity contribution >= 4 is 11.9 Å². The highest BCUT2D eigenvalue weighted by atomic mass is 16.5. The summed E-state index contributed by atoms with van der Waals surface area (Å²) >= 11 is 0. The third-order valence-electron chi connectivity index (χ3n) is 4.08. The monoisotopic (exact) mass is 370 g/mol. The molecule has 1 N–H and O–H groups in total. The van der Waals surface area contributed by atoms with Crippen LogP contribution >= 0.6 is 0 Å². The minimum Gasteiger partial charge on any atom is -0.481 e. The maximum Gasteiger partial charge on any atom is 0.308 e. The standard InChI is InChI=1S/C12H16O2.C11H14O2/c1-10(2)12(13)14-9-8-11-6-4-3-5-7-11;1-9(11(12)13)7-8-10-5-3-2-4-6-10/h3-7,10H,8-9H2,1-2H3;2-6,9H,7-8H2,1H3,(H,12,13). The topological polar surface area (TPSA) is 63.6 Å². The van der Waals surface area contributed by atoms with Crippen LogP contribution in [-0.4, -0.2) is 23.7 Å². The largest absolute Gasteiger partial charge is 0.481 e. The van der Waals surface area contributed by atoms with Gasteiger partial charge in [0, 0.05) is 6.42 Å². The molecule has 4 heteroatoms. The predicted octanol–water partition coefficient (Wildman–Crippen LogP) is 4.77. The number of carboxylic acid groups (broad SMARTS) is 1. The number of benzene rings is 2.